The summed E-state index contributed by atoms with van der Waals surface area (Å²) in [7, 11) is -2.53. The molecule has 0 radical (unpaired) electrons. The van der Waals surface area contributed by atoms with E-state index in [0.29, 0.717) is 0 Å². The molecule has 7 heteroatoms. The molecule has 0 aliphatic rings. The lowest BCUT2D eigenvalue weighted by atomic mass is 10.2. The number of nitrogens with zero attached hydrogens (tertiary/aromatic N) is 1. The molecule has 1 aromatic carbocycles. The van der Waals surface area contributed by atoms with Crippen molar-refractivity contribution in [3.05, 3.63) is 29.8 Å². The van der Waals surface area contributed by atoms with E-state index in [1.54, 1.807) is 13.8 Å². The first kappa shape index (κ1) is 16.6. The minimum Gasteiger partial charge on any atom is -0.465 e. The molecule has 0 aromatic heterocycles. The standard InChI is InChI=1S/C13H19NO5S/c1-10(2)14(7-8-15)20(17,18)12-6-4-5-11(9-12)13(16)19-3/h4-6,9-10,15H,7-8H2,1-3H3. The first-order valence-electron chi connectivity index (χ1n) is 6.15. The summed E-state index contributed by atoms with van der Waals surface area (Å²) in [6.07, 6.45) is 0. The summed E-state index contributed by atoms with van der Waals surface area (Å²) >= 11 is 0. The Labute approximate surface area is 119 Å². The Kier molecular flexibility index (Phi) is 5.67. The Balaban J connectivity index is 3.24. The SMILES string of the molecule is COC(=O)c1cccc(S(=O)(=O)N(CCO)C(C)C)c1. The number of carbonyl (C=O) groups excluding carboxylic acids is 1. The number of aliphatic hydroxyl groups excluding tert-OH is 1. The number of hydrogen-bond donors (Lipinski definition) is 1. The van der Waals surface area contributed by atoms with Gasteiger partial charge >= 0.3 is 5.97 Å². The van der Waals surface area contributed by atoms with Crippen LogP contribution in [0.1, 0.15) is 24.2 Å². The van der Waals surface area contributed by atoms with Crippen molar-refractivity contribution >= 4 is 16.0 Å². The molecule has 0 unspecified atom stereocenters. The van der Waals surface area contributed by atoms with Gasteiger partial charge < -0.3 is 9.84 Å². The van der Waals surface area contributed by atoms with Crippen LogP contribution in [0.2, 0.25) is 0 Å². The van der Waals surface area contributed by atoms with Gasteiger partial charge in [-0.3, -0.25) is 0 Å². The highest BCUT2D eigenvalue weighted by Gasteiger charge is 2.27. The lowest BCUT2D eigenvalue weighted by Gasteiger charge is -2.25. The van der Waals surface area contributed by atoms with E-state index in [4.69, 9.17) is 5.11 Å². The molecule has 0 spiro atoms. The van der Waals surface area contributed by atoms with E-state index in [1.165, 1.54) is 35.7 Å². The fourth-order valence-corrected chi connectivity index (χ4v) is 3.47. The lowest BCUT2D eigenvalue weighted by molar-refractivity contribution is 0.0600. The van der Waals surface area contributed by atoms with Gasteiger partial charge in [0.05, 0.1) is 24.2 Å². The predicted octanol–water partition coefficient (Wildman–Crippen LogP) is 0.865. The second kappa shape index (κ2) is 6.83. The number of carbonyl (C=O) groups is 1. The zero-order valence-electron chi connectivity index (χ0n) is 11.7. The van der Waals surface area contributed by atoms with E-state index in [-0.39, 0.29) is 29.7 Å². The maximum absolute atomic E-state index is 12.5. The van der Waals surface area contributed by atoms with Crippen LogP contribution in [0.3, 0.4) is 0 Å². The van der Waals surface area contributed by atoms with Crippen LogP contribution in [0.15, 0.2) is 29.2 Å². The molecule has 112 valence electrons. The summed E-state index contributed by atoms with van der Waals surface area (Å²) in [5.41, 5.74) is 0.168. The van der Waals surface area contributed by atoms with Gasteiger partial charge in [0.1, 0.15) is 0 Å². The number of esters is 1. The molecular formula is C13H19NO5S. The number of ether oxygens (including phenoxy) is 1. The summed E-state index contributed by atoms with van der Waals surface area (Å²) in [6.45, 7) is 3.17. The topological polar surface area (TPSA) is 83.9 Å². The third-order valence-electron chi connectivity index (χ3n) is 2.76. The highest BCUT2D eigenvalue weighted by atomic mass is 32.2. The van der Waals surface area contributed by atoms with Crippen LogP contribution in [-0.4, -0.2) is 50.1 Å². The fourth-order valence-electron chi connectivity index (χ4n) is 1.79. The molecule has 1 aromatic rings. The van der Waals surface area contributed by atoms with Gasteiger partial charge in [0.2, 0.25) is 10.0 Å². The lowest BCUT2D eigenvalue weighted by Crippen LogP contribution is -2.39. The highest BCUT2D eigenvalue weighted by molar-refractivity contribution is 7.89. The maximum Gasteiger partial charge on any atom is 0.337 e. The van der Waals surface area contributed by atoms with Crippen molar-refractivity contribution in [3.63, 3.8) is 0 Å². The fraction of sp³-hybridized carbons (Fsp3) is 0.462. The predicted molar refractivity (Wildman–Crippen MR) is 73.9 cm³/mol. The van der Waals surface area contributed by atoms with Crippen LogP contribution < -0.4 is 0 Å². The summed E-state index contributed by atoms with van der Waals surface area (Å²) in [6, 6.07) is 5.35. The normalized spacial score (nSPS) is 11.9. The molecular weight excluding hydrogens is 282 g/mol. The minimum atomic E-state index is -3.76. The summed E-state index contributed by atoms with van der Waals surface area (Å²) < 4.78 is 30.7. The number of aliphatic hydroxyl groups is 1. The average Bonchev–Trinajstić information content (AvgIpc) is 2.43. The van der Waals surface area contributed by atoms with E-state index < -0.39 is 16.0 Å². The van der Waals surface area contributed by atoms with Gasteiger partial charge in [0.25, 0.3) is 0 Å². The van der Waals surface area contributed by atoms with Gasteiger partial charge in [0.15, 0.2) is 0 Å². The molecule has 0 amide bonds. The number of hydrogen-bond acceptors (Lipinski definition) is 5. The van der Waals surface area contributed by atoms with E-state index in [1.807, 2.05) is 0 Å². The zero-order chi connectivity index (χ0) is 15.3. The zero-order valence-corrected chi connectivity index (χ0v) is 12.6. The van der Waals surface area contributed by atoms with Gasteiger partial charge in [-0.1, -0.05) is 6.07 Å². The van der Waals surface area contributed by atoms with Crippen molar-refractivity contribution < 1.29 is 23.1 Å². The van der Waals surface area contributed by atoms with Gasteiger partial charge in [-0.25, -0.2) is 13.2 Å². The molecule has 0 fully saturated rings. The van der Waals surface area contributed by atoms with E-state index >= 15 is 0 Å². The Morgan fingerprint density at radius 1 is 1.40 bits per heavy atom. The Bertz CT molecular complexity index is 568. The molecule has 0 bridgehead atoms. The molecule has 0 saturated carbocycles. The van der Waals surface area contributed by atoms with Crippen LogP contribution in [-0.2, 0) is 14.8 Å². The van der Waals surface area contributed by atoms with E-state index in [2.05, 4.69) is 4.74 Å². The number of rotatable bonds is 6. The molecule has 6 nitrogen and oxygen atoms in total. The van der Waals surface area contributed by atoms with Crippen molar-refractivity contribution in [3.8, 4) is 0 Å². The highest BCUT2D eigenvalue weighted by Crippen LogP contribution is 2.19. The van der Waals surface area contributed by atoms with Crippen molar-refractivity contribution in [2.45, 2.75) is 24.8 Å². The van der Waals surface area contributed by atoms with Crippen LogP contribution in [0.25, 0.3) is 0 Å². The quantitative estimate of drug-likeness (QED) is 0.788. The van der Waals surface area contributed by atoms with Crippen LogP contribution in [0.5, 0.6) is 0 Å². The monoisotopic (exact) mass is 301 g/mol. The van der Waals surface area contributed by atoms with Crippen molar-refractivity contribution in [2.75, 3.05) is 20.3 Å². The molecule has 0 heterocycles. The Morgan fingerprint density at radius 2 is 2.05 bits per heavy atom. The average molecular weight is 301 g/mol. The molecule has 20 heavy (non-hydrogen) atoms. The number of sulfonamides is 1. The molecule has 0 saturated heterocycles. The van der Waals surface area contributed by atoms with Gasteiger partial charge in [-0.2, -0.15) is 4.31 Å². The minimum absolute atomic E-state index is 0.00236. The molecule has 0 aliphatic carbocycles. The second-order valence-corrected chi connectivity index (χ2v) is 6.34. The van der Waals surface area contributed by atoms with Crippen molar-refractivity contribution in [1.29, 1.82) is 0 Å². The van der Waals surface area contributed by atoms with E-state index in [0.717, 1.165) is 0 Å². The number of benzene rings is 1. The maximum atomic E-state index is 12.5. The number of methoxy groups -OCH3 is 1. The molecule has 1 rings (SSSR count). The molecule has 0 aliphatic heterocycles. The second-order valence-electron chi connectivity index (χ2n) is 4.45. The summed E-state index contributed by atoms with van der Waals surface area (Å²) in [4.78, 5) is 11.5. The van der Waals surface area contributed by atoms with Gasteiger partial charge in [0, 0.05) is 12.6 Å². The Hall–Kier alpha value is -1.44. The summed E-state index contributed by atoms with van der Waals surface area (Å²) in [5, 5.41) is 9.00. The smallest absolute Gasteiger partial charge is 0.337 e. The summed E-state index contributed by atoms with van der Waals surface area (Å²) in [5.74, 6) is -0.597. The third kappa shape index (κ3) is 3.56. The van der Waals surface area contributed by atoms with Gasteiger partial charge in [-0.15, -0.1) is 0 Å². The van der Waals surface area contributed by atoms with E-state index in [9.17, 15) is 13.2 Å². The first-order valence-corrected chi connectivity index (χ1v) is 7.59. The first-order chi connectivity index (χ1) is 9.34. The van der Waals surface area contributed by atoms with Gasteiger partial charge in [-0.05, 0) is 32.0 Å². The van der Waals surface area contributed by atoms with Crippen LogP contribution >= 0.6 is 0 Å². The third-order valence-corrected chi connectivity index (χ3v) is 4.83. The molecule has 0 atom stereocenters. The molecule has 1 N–H and O–H groups in total. The van der Waals surface area contributed by atoms with Crippen molar-refractivity contribution in [1.82, 2.24) is 4.31 Å². The van der Waals surface area contributed by atoms with Crippen LogP contribution in [0.4, 0.5) is 0 Å². The van der Waals surface area contributed by atoms with Crippen molar-refractivity contribution in [2.24, 2.45) is 0 Å². The largest absolute Gasteiger partial charge is 0.465 e. The van der Waals surface area contributed by atoms with Crippen LogP contribution in [0, 0.1) is 0 Å². The Morgan fingerprint density at radius 3 is 2.55 bits per heavy atom.